The predicted molar refractivity (Wildman–Crippen MR) is 89.7 cm³/mol. The number of nitrogens with one attached hydrogen (secondary N) is 1. The molecular weight excluding hydrogens is 300 g/mol. The minimum atomic E-state index is -0.530. The highest BCUT2D eigenvalue weighted by Crippen LogP contribution is 2.19. The lowest BCUT2D eigenvalue weighted by atomic mass is 10.1. The van der Waals surface area contributed by atoms with E-state index in [-0.39, 0.29) is 17.9 Å². The van der Waals surface area contributed by atoms with Crippen LogP contribution >= 0.6 is 11.6 Å². The average Bonchev–Trinajstić information content (AvgIpc) is 2.52. The van der Waals surface area contributed by atoms with E-state index in [1.807, 2.05) is 32.0 Å². The largest absolute Gasteiger partial charge is 0.352 e. The van der Waals surface area contributed by atoms with Crippen LogP contribution in [-0.2, 0) is 16.1 Å². The summed E-state index contributed by atoms with van der Waals surface area (Å²) >= 11 is 6.17. The SMILES string of the molecule is CCC(=O)N(Cc1ccccc1Cl)[C@@H](C)C(=O)N[C@@H](C)CC. The van der Waals surface area contributed by atoms with Gasteiger partial charge in [-0.05, 0) is 31.9 Å². The maximum Gasteiger partial charge on any atom is 0.242 e. The number of carbonyl (C=O) groups excluding carboxylic acids is 2. The number of nitrogens with zero attached hydrogens (tertiary/aromatic N) is 1. The molecule has 0 heterocycles. The first-order valence-electron chi connectivity index (χ1n) is 7.73. The van der Waals surface area contributed by atoms with Gasteiger partial charge in [-0.3, -0.25) is 9.59 Å². The van der Waals surface area contributed by atoms with Crippen molar-refractivity contribution in [2.24, 2.45) is 0 Å². The average molecular weight is 325 g/mol. The zero-order chi connectivity index (χ0) is 16.7. The molecule has 0 unspecified atom stereocenters. The Labute approximate surface area is 137 Å². The van der Waals surface area contributed by atoms with E-state index in [0.717, 1.165) is 12.0 Å². The van der Waals surface area contributed by atoms with Gasteiger partial charge in [0.05, 0.1) is 0 Å². The quantitative estimate of drug-likeness (QED) is 0.836. The molecule has 122 valence electrons. The van der Waals surface area contributed by atoms with E-state index in [1.165, 1.54) is 0 Å². The summed E-state index contributed by atoms with van der Waals surface area (Å²) in [4.78, 5) is 26.1. The van der Waals surface area contributed by atoms with Gasteiger partial charge in [-0.15, -0.1) is 0 Å². The van der Waals surface area contributed by atoms with Gasteiger partial charge < -0.3 is 10.2 Å². The molecule has 1 aromatic carbocycles. The molecule has 0 aliphatic heterocycles. The van der Waals surface area contributed by atoms with Crippen molar-refractivity contribution in [3.63, 3.8) is 0 Å². The standard InChI is InChI=1S/C17H25ClN2O2/c1-5-12(3)19-17(22)13(4)20(16(21)6-2)11-14-9-7-8-10-15(14)18/h7-10,12-13H,5-6,11H2,1-4H3,(H,19,22)/t12-,13-/m0/s1. The van der Waals surface area contributed by atoms with Gasteiger partial charge in [-0.1, -0.05) is 43.6 Å². The highest BCUT2D eigenvalue weighted by atomic mass is 35.5. The van der Waals surface area contributed by atoms with Crippen molar-refractivity contribution in [3.05, 3.63) is 34.9 Å². The van der Waals surface area contributed by atoms with Gasteiger partial charge in [0.2, 0.25) is 11.8 Å². The molecule has 0 saturated heterocycles. The fourth-order valence-corrected chi connectivity index (χ4v) is 2.26. The van der Waals surface area contributed by atoms with E-state index in [4.69, 9.17) is 11.6 Å². The van der Waals surface area contributed by atoms with E-state index in [2.05, 4.69) is 5.32 Å². The number of amides is 2. The second kappa shape index (κ2) is 8.79. The predicted octanol–water partition coefficient (Wildman–Crippen LogP) is 3.38. The lowest BCUT2D eigenvalue weighted by molar-refractivity contribution is -0.140. The summed E-state index contributed by atoms with van der Waals surface area (Å²) in [7, 11) is 0. The van der Waals surface area contributed by atoms with Gasteiger partial charge in [0.15, 0.2) is 0 Å². The molecule has 2 atom stereocenters. The molecule has 0 fully saturated rings. The fourth-order valence-electron chi connectivity index (χ4n) is 2.06. The van der Waals surface area contributed by atoms with Crippen LogP contribution in [0.25, 0.3) is 0 Å². The molecule has 1 aromatic rings. The lowest BCUT2D eigenvalue weighted by Crippen LogP contribution is -2.49. The summed E-state index contributed by atoms with van der Waals surface area (Å²) in [6, 6.07) is 6.94. The Balaban J connectivity index is 2.91. The minimum Gasteiger partial charge on any atom is -0.352 e. The molecular formula is C17H25ClN2O2. The van der Waals surface area contributed by atoms with Crippen LogP contribution in [0.3, 0.4) is 0 Å². The molecule has 0 bridgehead atoms. The molecule has 5 heteroatoms. The maximum absolute atomic E-state index is 12.3. The van der Waals surface area contributed by atoms with Crippen LogP contribution in [0, 0.1) is 0 Å². The third-order valence-electron chi connectivity index (χ3n) is 3.77. The summed E-state index contributed by atoms with van der Waals surface area (Å²) in [5.74, 6) is -0.199. The molecule has 0 aliphatic carbocycles. The van der Waals surface area contributed by atoms with Crippen LogP contribution in [-0.4, -0.2) is 28.8 Å². The zero-order valence-corrected chi connectivity index (χ0v) is 14.5. The van der Waals surface area contributed by atoms with E-state index < -0.39 is 6.04 Å². The van der Waals surface area contributed by atoms with Gasteiger partial charge in [0, 0.05) is 24.0 Å². The van der Waals surface area contributed by atoms with Gasteiger partial charge >= 0.3 is 0 Å². The van der Waals surface area contributed by atoms with Crippen molar-refractivity contribution < 1.29 is 9.59 Å². The van der Waals surface area contributed by atoms with Gasteiger partial charge in [0.25, 0.3) is 0 Å². The van der Waals surface area contributed by atoms with Crippen LogP contribution in [0.2, 0.25) is 5.02 Å². The molecule has 0 saturated carbocycles. The molecule has 4 nitrogen and oxygen atoms in total. The molecule has 1 N–H and O–H groups in total. The zero-order valence-electron chi connectivity index (χ0n) is 13.7. The van der Waals surface area contributed by atoms with Crippen LogP contribution in [0.1, 0.15) is 46.1 Å². The molecule has 22 heavy (non-hydrogen) atoms. The molecule has 0 aliphatic rings. The number of hydrogen-bond acceptors (Lipinski definition) is 2. The third kappa shape index (κ3) is 5.02. The first-order valence-corrected chi connectivity index (χ1v) is 8.11. The summed E-state index contributed by atoms with van der Waals surface area (Å²) in [6.07, 6.45) is 1.20. The number of carbonyl (C=O) groups is 2. The van der Waals surface area contributed by atoms with E-state index in [1.54, 1.807) is 24.8 Å². The van der Waals surface area contributed by atoms with Crippen molar-refractivity contribution in [3.8, 4) is 0 Å². The Bertz CT molecular complexity index is 519. The van der Waals surface area contributed by atoms with Crippen LogP contribution in [0.4, 0.5) is 0 Å². The molecule has 1 rings (SSSR count). The van der Waals surface area contributed by atoms with Gasteiger partial charge in [0.1, 0.15) is 6.04 Å². The highest BCUT2D eigenvalue weighted by Gasteiger charge is 2.26. The summed E-state index contributed by atoms with van der Waals surface area (Å²) in [5.41, 5.74) is 0.842. The highest BCUT2D eigenvalue weighted by molar-refractivity contribution is 6.31. The molecule has 0 spiro atoms. The van der Waals surface area contributed by atoms with Gasteiger partial charge in [-0.2, -0.15) is 0 Å². The smallest absolute Gasteiger partial charge is 0.242 e. The Morgan fingerprint density at radius 2 is 1.86 bits per heavy atom. The Morgan fingerprint density at radius 1 is 1.23 bits per heavy atom. The maximum atomic E-state index is 12.3. The van der Waals surface area contributed by atoms with Crippen molar-refractivity contribution >= 4 is 23.4 Å². The van der Waals surface area contributed by atoms with Crippen molar-refractivity contribution in [1.82, 2.24) is 10.2 Å². The first kappa shape index (κ1) is 18.5. The van der Waals surface area contributed by atoms with Crippen LogP contribution < -0.4 is 5.32 Å². The first-order chi connectivity index (χ1) is 10.4. The Kier molecular flexibility index (Phi) is 7.39. The fraction of sp³-hybridized carbons (Fsp3) is 0.529. The van der Waals surface area contributed by atoms with Crippen molar-refractivity contribution in [2.45, 2.75) is 59.2 Å². The molecule has 2 amide bonds. The number of benzene rings is 1. The number of hydrogen-bond donors (Lipinski definition) is 1. The lowest BCUT2D eigenvalue weighted by Gasteiger charge is -2.29. The Hall–Kier alpha value is -1.55. The van der Waals surface area contributed by atoms with E-state index in [9.17, 15) is 9.59 Å². The van der Waals surface area contributed by atoms with Crippen LogP contribution in [0.15, 0.2) is 24.3 Å². The second-order valence-electron chi connectivity index (χ2n) is 5.46. The molecule has 0 aromatic heterocycles. The van der Waals surface area contributed by atoms with Gasteiger partial charge in [-0.25, -0.2) is 0 Å². The van der Waals surface area contributed by atoms with E-state index in [0.29, 0.717) is 18.0 Å². The second-order valence-corrected chi connectivity index (χ2v) is 5.87. The summed E-state index contributed by atoms with van der Waals surface area (Å²) in [6.45, 7) is 7.84. The van der Waals surface area contributed by atoms with Crippen LogP contribution in [0.5, 0.6) is 0 Å². The Morgan fingerprint density at radius 3 is 2.41 bits per heavy atom. The number of halogens is 1. The van der Waals surface area contributed by atoms with Crippen molar-refractivity contribution in [1.29, 1.82) is 0 Å². The topological polar surface area (TPSA) is 49.4 Å². The monoisotopic (exact) mass is 324 g/mol. The summed E-state index contributed by atoms with van der Waals surface area (Å²) < 4.78 is 0. The number of rotatable bonds is 7. The van der Waals surface area contributed by atoms with E-state index >= 15 is 0 Å². The van der Waals surface area contributed by atoms with Crippen molar-refractivity contribution in [2.75, 3.05) is 0 Å². The normalized spacial score (nSPS) is 13.3. The minimum absolute atomic E-state index is 0.0632. The molecule has 0 radical (unpaired) electrons. The summed E-state index contributed by atoms with van der Waals surface area (Å²) in [5, 5.41) is 3.53. The third-order valence-corrected chi connectivity index (χ3v) is 4.14.